The maximum absolute atomic E-state index is 12.9. The molecule has 1 aromatic carbocycles. The Bertz CT molecular complexity index is 810. The number of fused-ring (bicyclic) bond motifs is 1. The largest absolute Gasteiger partial charge is 0.494 e. The molecule has 138 valence electrons. The van der Waals surface area contributed by atoms with Crippen LogP contribution in [0.25, 0.3) is 0 Å². The van der Waals surface area contributed by atoms with Crippen molar-refractivity contribution in [2.24, 2.45) is 0 Å². The number of rotatable bonds is 7. The molecule has 0 aliphatic carbocycles. The lowest BCUT2D eigenvalue weighted by molar-refractivity contribution is -0.142. The highest BCUT2D eigenvalue weighted by atomic mass is 35.5. The van der Waals surface area contributed by atoms with Crippen LogP contribution in [-0.2, 0) is 16.1 Å². The number of hydrogen-bond donors (Lipinski definition) is 0. The molecule has 1 unspecified atom stereocenters. The number of carbonyl (C=O) groups is 2. The average molecular weight is 376 g/mol. The van der Waals surface area contributed by atoms with Crippen LogP contribution in [0.3, 0.4) is 0 Å². The minimum atomic E-state index is -0.367. The van der Waals surface area contributed by atoms with Gasteiger partial charge in [-0.1, -0.05) is 24.9 Å². The van der Waals surface area contributed by atoms with Crippen LogP contribution in [0.2, 0.25) is 5.02 Å². The van der Waals surface area contributed by atoms with E-state index in [1.807, 2.05) is 4.57 Å². The molecule has 0 spiro atoms. The fraction of sp³-hybridized carbons (Fsp3) is 0.400. The van der Waals surface area contributed by atoms with E-state index in [2.05, 4.69) is 6.92 Å². The minimum absolute atomic E-state index is 0.160. The van der Waals surface area contributed by atoms with Crippen LogP contribution in [0.1, 0.15) is 53.8 Å². The number of esters is 1. The first-order chi connectivity index (χ1) is 12.6. The number of nitrogens with zero attached hydrogens (tertiary/aromatic N) is 1. The van der Waals surface area contributed by atoms with Crippen LogP contribution in [-0.4, -0.2) is 30.0 Å². The number of unbranched alkanes of at least 4 members (excludes halogenated alkanes) is 1. The molecule has 5 nitrogen and oxygen atoms in total. The zero-order valence-electron chi connectivity index (χ0n) is 15.0. The molecule has 2 heterocycles. The Morgan fingerprint density at radius 1 is 1.27 bits per heavy atom. The first-order valence-electron chi connectivity index (χ1n) is 8.81. The summed E-state index contributed by atoms with van der Waals surface area (Å²) in [5.74, 6) is -0.0852. The van der Waals surface area contributed by atoms with Crippen LogP contribution in [0, 0.1) is 0 Å². The zero-order chi connectivity index (χ0) is 18.7. The molecule has 2 aromatic rings. The predicted molar refractivity (Wildman–Crippen MR) is 99.1 cm³/mol. The Morgan fingerprint density at radius 2 is 2.00 bits per heavy atom. The van der Waals surface area contributed by atoms with Gasteiger partial charge in [0.25, 0.3) is 0 Å². The summed E-state index contributed by atoms with van der Waals surface area (Å²) in [6, 6.07) is 8.77. The van der Waals surface area contributed by atoms with Gasteiger partial charge in [0.1, 0.15) is 11.4 Å². The van der Waals surface area contributed by atoms with Crippen molar-refractivity contribution >= 4 is 23.4 Å². The molecule has 0 radical (unpaired) electrons. The molecule has 0 fully saturated rings. The average Bonchev–Trinajstić information content (AvgIpc) is 3.19. The Labute approximate surface area is 157 Å². The number of benzene rings is 1. The molecule has 0 N–H and O–H groups in total. The fourth-order valence-corrected chi connectivity index (χ4v) is 3.55. The van der Waals surface area contributed by atoms with Gasteiger partial charge in [0.15, 0.2) is 0 Å². The molecule has 6 heteroatoms. The summed E-state index contributed by atoms with van der Waals surface area (Å²) in [7, 11) is 1.37. The number of aromatic nitrogens is 1. The van der Waals surface area contributed by atoms with Crippen molar-refractivity contribution in [1.82, 2.24) is 4.57 Å². The van der Waals surface area contributed by atoms with Crippen LogP contribution in [0.15, 0.2) is 30.3 Å². The number of carbonyl (C=O) groups excluding carboxylic acids is 2. The van der Waals surface area contributed by atoms with Gasteiger partial charge in [-0.05, 0) is 43.2 Å². The lowest BCUT2D eigenvalue weighted by Gasteiger charge is -2.08. The quantitative estimate of drug-likeness (QED) is 0.413. The molecular weight excluding hydrogens is 354 g/mol. The van der Waals surface area contributed by atoms with Crippen molar-refractivity contribution in [2.75, 3.05) is 13.7 Å². The highest BCUT2D eigenvalue weighted by molar-refractivity contribution is 6.35. The molecule has 26 heavy (non-hydrogen) atoms. The summed E-state index contributed by atoms with van der Waals surface area (Å²) < 4.78 is 12.3. The standard InChI is InChI=1S/C20H22ClNO4/c1-3-4-11-26-14-7-5-13(6-8-14)19(23)18-16(21)12-17-15(20(24)25-2)9-10-22(17)18/h5-8,12,15H,3-4,9-11H2,1-2H3. The monoisotopic (exact) mass is 375 g/mol. The van der Waals surface area contributed by atoms with Gasteiger partial charge in [-0.15, -0.1) is 0 Å². The predicted octanol–water partition coefficient (Wildman–Crippen LogP) is 4.21. The van der Waals surface area contributed by atoms with Crippen LogP contribution in [0.5, 0.6) is 5.75 Å². The van der Waals surface area contributed by atoms with E-state index in [0.29, 0.717) is 35.9 Å². The van der Waals surface area contributed by atoms with Gasteiger partial charge < -0.3 is 14.0 Å². The summed E-state index contributed by atoms with van der Waals surface area (Å²) in [5, 5.41) is 0.363. The number of methoxy groups -OCH3 is 1. The lowest BCUT2D eigenvalue weighted by Crippen LogP contribution is -2.12. The minimum Gasteiger partial charge on any atom is -0.494 e. The Balaban J connectivity index is 1.82. The third kappa shape index (κ3) is 3.49. The van der Waals surface area contributed by atoms with Gasteiger partial charge in [0, 0.05) is 17.8 Å². The smallest absolute Gasteiger partial charge is 0.314 e. The van der Waals surface area contributed by atoms with E-state index < -0.39 is 0 Å². The normalized spacial score (nSPS) is 15.6. The lowest BCUT2D eigenvalue weighted by atomic mass is 10.1. The maximum Gasteiger partial charge on any atom is 0.314 e. The van der Waals surface area contributed by atoms with Crippen LogP contribution < -0.4 is 4.74 Å². The fourth-order valence-electron chi connectivity index (χ4n) is 3.26. The first kappa shape index (κ1) is 18.5. The molecule has 0 bridgehead atoms. The Hall–Kier alpha value is -2.27. The first-order valence-corrected chi connectivity index (χ1v) is 9.19. The van der Waals surface area contributed by atoms with E-state index in [4.69, 9.17) is 21.1 Å². The van der Waals surface area contributed by atoms with Crippen molar-refractivity contribution in [3.8, 4) is 5.75 Å². The van der Waals surface area contributed by atoms with Crippen LogP contribution >= 0.6 is 11.6 Å². The number of ketones is 1. The van der Waals surface area contributed by atoms with E-state index >= 15 is 0 Å². The zero-order valence-corrected chi connectivity index (χ0v) is 15.7. The van der Waals surface area contributed by atoms with Crippen molar-refractivity contribution < 1.29 is 19.1 Å². The second kappa shape index (κ2) is 7.96. The number of halogens is 1. The van der Waals surface area contributed by atoms with Crippen molar-refractivity contribution in [3.63, 3.8) is 0 Å². The molecule has 1 atom stereocenters. The third-order valence-corrected chi connectivity index (χ3v) is 4.95. The molecule has 1 aliphatic rings. The van der Waals surface area contributed by atoms with Gasteiger partial charge in [-0.25, -0.2) is 0 Å². The topological polar surface area (TPSA) is 57.5 Å². The molecular formula is C20H22ClNO4. The Kier molecular flexibility index (Phi) is 5.67. The van der Waals surface area contributed by atoms with Gasteiger partial charge >= 0.3 is 5.97 Å². The molecule has 0 saturated carbocycles. The molecule has 3 rings (SSSR count). The van der Waals surface area contributed by atoms with E-state index in [9.17, 15) is 9.59 Å². The summed E-state index contributed by atoms with van der Waals surface area (Å²) >= 11 is 6.32. The summed E-state index contributed by atoms with van der Waals surface area (Å²) in [6.07, 6.45) is 2.68. The molecule has 0 saturated heterocycles. The van der Waals surface area contributed by atoms with E-state index in [1.54, 1.807) is 30.3 Å². The summed E-state index contributed by atoms with van der Waals surface area (Å²) in [6.45, 7) is 3.34. The second-order valence-electron chi connectivity index (χ2n) is 6.34. The molecule has 0 amide bonds. The maximum atomic E-state index is 12.9. The van der Waals surface area contributed by atoms with Crippen LogP contribution in [0.4, 0.5) is 0 Å². The highest BCUT2D eigenvalue weighted by Crippen LogP contribution is 2.36. The van der Waals surface area contributed by atoms with E-state index in [0.717, 1.165) is 24.3 Å². The Morgan fingerprint density at radius 3 is 2.65 bits per heavy atom. The number of ether oxygens (including phenoxy) is 2. The second-order valence-corrected chi connectivity index (χ2v) is 6.74. The van der Waals surface area contributed by atoms with Gasteiger partial charge in [0.05, 0.1) is 24.7 Å². The van der Waals surface area contributed by atoms with Gasteiger partial charge in [0.2, 0.25) is 5.78 Å². The SMILES string of the molecule is CCCCOc1ccc(C(=O)c2c(Cl)cc3n2CCC3C(=O)OC)cc1. The molecule has 1 aromatic heterocycles. The third-order valence-electron chi connectivity index (χ3n) is 4.66. The van der Waals surface area contributed by atoms with Crippen molar-refractivity contribution in [1.29, 1.82) is 0 Å². The number of hydrogen-bond acceptors (Lipinski definition) is 4. The summed E-state index contributed by atoms with van der Waals surface area (Å²) in [4.78, 5) is 24.8. The van der Waals surface area contributed by atoms with E-state index in [-0.39, 0.29) is 17.7 Å². The van der Waals surface area contributed by atoms with Crippen molar-refractivity contribution in [2.45, 2.75) is 38.6 Å². The highest BCUT2D eigenvalue weighted by Gasteiger charge is 2.34. The molecule has 1 aliphatic heterocycles. The summed E-state index contributed by atoms with van der Waals surface area (Å²) in [5.41, 5.74) is 1.70. The van der Waals surface area contributed by atoms with Gasteiger partial charge in [-0.3, -0.25) is 9.59 Å². The van der Waals surface area contributed by atoms with Crippen molar-refractivity contribution in [3.05, 3.63) is 52.3 Å². The van der Waals surface area contributed by atoms with E-state index in [1.165, 1.54) is 7.11 Å². The van der Waals surface area contributed by atoms with Gasteiger partial charge in [-0.2, -0.15) is 0 Å².